The van der Waals surface area contributed by atoms with Gasteiger partial charge in [0.1, 0.15) is 0 Å². The molecule has 4 rings (SSSR count). The number of hydrogen-bond donors (Lipinski definition) is 1. The van der Waals surface area contributed by atoms with Crippen LogP contribution < -0.4 is 5.32 Å². The summed E-state index contributed by atoms with van der Waals surface area (Å²) < 4.78 is 5.29. The number of hydrogen-bond acceptors (Lipinski definition) is 3. The van der Waals surface area contributed by atoms with E-state index >= 15 is 0 Å². The maximum Gasteiger partial charge on any atom is 0.302 e. The van der Waals surface area contributed by atoms with Crippen molar-refractivity contribution in [3.05, 3.63) is 0 Å². The van der Waals surface area contributed by atoms with Crippen LogP contribution in [-0.4, -0.2) is 24.5 Å². The molecular weight excluding hydrogens is 362 g/mol. The van der Waals surface area contributed by atoms with Crippen molar-refractivity contribution in [1.82, 2.24) is 5.32 Å². The largest absolute Gasteiger partial charge is 0.466 e. The third kappa shape index (κ3) is 3.74. The van der Waals surface area contributed by atoms with Crippen molar-refractivity contribution >= 4 is 11.9 Å². The predicted octanol–water partition coefficient (Wildman–Crippen LogP) is 5.10. The second kappa shape index (κ2) is 7.89. The van der Waals surface area contributed by atoms with Gasteiger partial charge in [-0.2, -0.15) is 0 Å². The summed E-state index contributed by atoms with van der Waals surface area (Å²) in [6, 6.07) is 0.396. The molecule has 0 saturated heterocycles. The van der Waals surface area contributed by atoms with Gasteiger partial charge in [-0.05, 0) is 105 Å². The van der Waals surface area contributed by atoms with E-state index in [-0.39, 0.29) is 11.9 Å². The maximum atomic E-state index is 11.5. The maximum absolute atomic E-state index is 11.5. The Bertz CT molecular complexity index is 648. The zero-order valence-corrected chi connectivity index (χ0v) is 19.0. The Hall–Kier alpha value is -1.06. The highest BCUT2D eigenvalue weighted by Crippen LogP contribution is 2.67. The topological polar surface area (TPSA) is 55.4 Å². The highest BCUT2D eigenvalue weighted by molar-refractivity contribution is 5.73. The highest BCUT2D eigenvalue weighted by Gasteiger charge is 2.59. The summed E-state index contributed by atoms with van der Waals surface area (Å²) in [4.78, 5) is 22.7. The minimum Gasteiger partial charge on any atom is -0.466 e. The SMILES string of the molecule is CC(=O)N[C@H]1CC[C@@]2(C)[C@H](CC[C@@H]3[C@@H]2CC[C@]2(C)[C@@H](CCOC(C)=O)CC[C@@H]32)C1. The minimum absolute atomic E-state index is 0.131. The van der Waals surface area contributed by atoms with Crippen LogP contribution in [0, 0.1) is 40.4 Å². The second-order valence-corrected chi connectivity index (χ2v) is 11.3. The van der Waals surface area contributed by atoms with Crippen LogP contribution in [-0.2, 0) is 14.3 Å². The molecule has 0 aromatic carbocycles. The molecule has 0 aromatic heterocycles. The molecule has 0 aliphatic heterocycles. The van der Waals surface area contributed by atoms with E-state index in [9.17, 15) is 9.59 Å². The lowest BCUT2D eigenvalue weighted by atomic mass is 9.44. The van der Waals surface area contributed by atoms with Gasteiger partial charge < -0.3 is 10.1 Å². The first kappa shape index (κ1) is 21.2. The Labute approximate surface area is 176 Å². The van der Waals surface area contributed by atoms with Crippen LogP contribution in [0.1, 0.15) is 91.9 Å². The molecule has 29 heavy (non-hydrogen) atoms. The van der Waals surface area contributed by atoms with Crippen LogP contribution in [0.25, 0.3) is 0 Å². The van der Waals surface area contributed by atoms with E-state index in [4.69, 9.17) is 4.74 Å². The quantitative estimate of drug-likeness (QED) is 0.664. The lowest BCUT2D eigenvalue weighted by Crippen LogP contribution is -2.55. The summed E-state index contributed by atoms with van der Waals surface area (Å²) in [7, 11) is 0. The first-order valence-corrected chi connectivity index (χ1v) is 12.1. The van der Waals surface area contributed by atoms with Gasteiger partial charge in [0.2, 0.25) is 5.91 Å². The van der Waals surface area contributed by atoms with Gasteiger partial charge in [0.05, 0.1) is 6.61 Å². The van der Waals surface area contributed by atoms with Crippen molar-refractivity contribution in [3.8, 4) is 0 Å². The van der Waals surface area contributed by atoms with E-state index in [0.29, 0.717) is 29.4 Å². The molecule has 0 spiro atoms. The highest BCUT2D eigenvalue weighted by atomic mass is 16.5. The fourth-order valence-corrected chi connectivity index (χ4v) is 8.60. The van der Waals surface area contributed by atoms with Crippen molar-refractivity contribution < 1.29 is 14.3 Å². The van der Waals surface area contributed by atoms with E-state index in [1.54, 1.807) is 6.92 Å². The van der Waals surface area contributed by atoms with Gasteiger partial charge in [-0.15, -0.1) is 0 Å². The van der Waals surface area contributed by atoms with E-state index in [1.165, 1.54) is 58.3 Å². The standard InChI is InChI=1S/C25H41NO3/c1-16(27)26-20-9-12-25(4)19(15-20)5-7-21-22-8-6-18(11-14-29-17(2)28)24(22,3)13-10-23(21)25/h18-23H,5-15H2,1-4H3,(H,26,27)/t18-,19-,20+,21+,22+,23+,24-,25+/m1/s1. The number of nitrogens with one attached hydrogen (secondary N) is 1. The average molecular weight is 404 g/mol. The molecule has 0 radical (unpaired) electrons. The summed E-state index contributed by atoms with van der Waals surface area (Å²) >= 11 is 0. The number of fused-ring (bicyclic) bond motifs is 5. The Kier molecular flexibility index (Phi) is 5.76. The van der Waals surface area contributed by atoms with Crippen LogP contribution in [0.4, 0.5) is 0 Å². The van der Waals surface area contributed by atoms with Crippen molar-refractivity contribution in [2.75, 3.05) is 6.61 Å². The monoisotopic (exact) mass is 403 g/mol. The molecule has 8 atom stereocenters. The summed E-state index contributed by atoms with van der Waals surface area (Å²) in [5.74, 6) is 4.08. The number of rotatable bonds is 4. The zero-order valence-electron chi connectivity index (χ0n) is 19.0. The molecule has 1 N–H and O–H groups in total. The summed E-state index contributed by atoms with van der Waals surface area (Å²) in [5, 5.41) is 3.21. The Morgan fingerprint density at radius 3 is 2.38 bits per heavy atom. The molecule has 4 aliphatic carbocycles. The molecule has 0 unspecified atom stereocenters. The Morgan fingerprint density at radius 2 is 1.66 bits per heavy atom. The third-order valence-electron chi connectivity index (χ3n) is 10.0. The lowest BCUT2D eigenvalue weighted by molar-refractivity contribution is -0.142. The van der Waals surface area contributed by atoms with Crippen molar-refractivity contribution in [2.45, 2.75) is 97.9 Å². The van der Waals surface area contributed by atoms with Gasteiger partial charge in [0.15, 0.2) is 0 Å². The molecule has 0 bridgehead atoms. The van der Waals surface area contributed by atoms with Crippen molar-refractivity contribution in [1.29, 1.82) is 0 Å². The van der Waals surface area contributed by atoms with Gasteiger partial charge in [0.25, 0.3) is 0 Å². The van der Waals surface area contributed by atoms with Gasteiger partial charge in [-0.25, -0.2) is 0 Å². The Morgan fingerprint density at radius 1 is 0.931 bits per heavy atom. The molecule has 164 valence electrons. The fourth-order valence-electron chi connectivity index (χ4n) is 8.60. The number of ether oxygens (including phenoxy) is 1. The molecule has 4 nitrogen and oxygen atoms in total. The zero-order chi connectivity index (χ0) is 20.8. The number of amides is 1. The number of carbonyl (C=O) groups is 2. The van der Waals surface area contributed by atoms with Gasteiger partial charge >= 0.3 is 5.97 Å². The molecule has 4 aliphatic rings. The molecule has 4 heteroatoms. The molecule has 4 saturated carbocycles. The van der Waals surface area contributed by atoms with Crippen molar-refractivity contribution in [3.63, 3.8) is 0 Å². The van der Waals surface area contributed by atoms with E-state index in [1.807, 2.05) is 0 Å². The molecule has 0 aromatic rings. The normalized spacial score (nSPS) is 46.2. The van der Waals surface area contributed by atoms with Gasteiger partial charge in [-0.1, -0.05) is 13.8 Å². The Balaban J connectivity index is 1.44. The molecular formula is C25H41NO3. The summed E-state index contributed by atoms with van der Waals surface area (Å²) in [6.07, 6.45) is 12.8. The molecule has 1 amide bonds. The number of esters is 1. The summed E-state index contributed by atoms with van der Waals surface area (Å²) in [6.45, 7) is 8.92. The summed E-state index contributed by atoms with van der Waals surface area (Å²) in [5.41, 5.74) is 0.910. The van der Waals surface area contributed by atoms with Gasteiger partial charge in [-0.3, -0.25) is 9.59 Å². The third-order valence-corrected chi connectivity index (χ3v) is 10.0. The van der Waals surface area contributed by atoms with Crippen LogP contribution in [0.15, 0.2) is 0 Å². The second-order valence-electron chi connectivity index (χ2n) is 11.3. The molecule has 4 fully saturated rings. The van der Waals surface area contributed by atoms with Crippen LogP contribution in [0.2, 0.25) is 0 Å². The van der Waals surface area contributed by atoms with E-state index in [2.05, 4.69) is 19.2 Å². The van der Waals surface area contributed by atoms with Gasteiger partial charge in [0, 0.05) is 19.9 Å². The van der Waals surface area contributed by atoms with Crippen molar-refractivity contribution in [2.24, 2.45) is 40.4 Å². The van der Waals surface area contributed by atoms with Crippen LogP contribution >= 0.6 is 0 Å². The van der Waals surface area contributed by atoms with Crippen LogP contribution in [0.5, 0.6) is 0 Å². The number of carbonyl (C=O) groups excluding carboxylic acids is 2. The smallest absolute Gasteiger partial charge is 0.302 e. The first-order valence-electron chi connectivity index (χ1n) is 12.1. The van der Waals surface area contributed by atoms with E-state index < -0.39 is 0 Å². The van der Waals surface area contributed by atoms with E-state index in [0.717, 1.165) is 36.5 Å². The average Bonchev–Trinajstić information content (AvgIpc) is 2.98. The molecule has 0 heterocycles. The predicted molar refractivity (Wildman–Crippen MR) is 114 cm³/mol. The lowest BCUT2D eigenvalue weighted by Gasteiger charge is -2.61. The fraction of sp³-hybridized carbons (Fsp3) is 0.920. The minimum atomic E-state index is -0.144. The first-order chi connectivity index (χ1) is 13.7. The van der Waals surface area contributed by atoms with Crippen LogP contribution in [0.3, 0.4) is 0 Å².